The van der Waals surface area contributed by atoms with Gasteiger partial charge < -0.3 is 4.74 Å². The largest absolute Gasteiger partial charge is 0.456 e. The Hall–Kier alpha value is -2.39. The van der Waals surface area contributed by atoms with E-state index in [1.807, 2.05) is 0 Å². The van der Waals surface area contributed by atoms with Crippen LogP contribution in [-0.4, -0.2) is 39.5 Å². The first-order valence-corrected chi connectivity index (χ1v) is 13.5. The smallest absolute Gasteiger partial charge is 0.243 e. The van der Waals surface area contributed by atoms with Crippen molar-refractivity contribution in [2.75, 3.05) is 13.1 Å². The topological polar surface area (TPSA) is 80.8 Å². The third-order valence-electron chi connectivity index (χ3n) is 5.44. The maximum atomic E-state index is 13.1. The minimum Gasteiger partial charge on any atom is -0.456 e. The molecular weight excluding hydrogens is 470 g/mol. The molecule has 9 heteroatoms. The van der Waals surface area contributed by atoms with E-state index in [-0.39, 0.29) is 35.7 Å². The Kier molecular flexibility index (Phi) is 6.57. The van der Waals surface area contributed by atoms with Crippen molar-refractivity contribution in [2.45, 2.75) is 27.9 Å². The Bertz CT molecular complexity index is 1290. The fraction of sp³-hybridized carbons (Fsp3) is 0.217. The standard InChI is InChI=1S/C23H22ClNO5S2/c24-22-8-4-5-9-23(22)30-18-10-12-21(13-11-18)32(28,29)25-16-14-20(15-17-25)31(26,27)19-6-2-1-3-7-19/h1-13,20H,14-17H2. The number of ether oxygens (including phenoxy) is 1. The van der Waals surface area contributed by atoms with Crippen LogP contribution in [0.3, 0.4) is 0 Å². The van der Waals surface area contributed by atoms with Gasteiger partial charge in [-0.25, -0.2) is 16.8 Å². The van der Waals surface area contributed by atoms with Gasteiger partial charge in [-0.05, 0) is 61.4 Å². The van der Waals surface area contributed by atoms with Crippen LogP contribution in [0.15, 0.2) is 88.7 Å². The second kappa shape index (κ2) is 9.23. The number of nitrogens with zero attached hydrogens (tertiary/aromatic N) is 1. The maximum Gasteiger partial charge on any atom is 0.243 e. The molecule has 0 aromatic heterocycles. The lowest BCUT2D eigenvalue weighted by molar-refractivity contribution is 0.345. The van der Waals surface area contributed by atoms with Crippen LogP contribution in [0, 0.1) is 0 Å². The van der Waals surface area contributed by atoms with E-state index in [0.717, 1.165) is 0 Å². The second-order valence-corrected chi connectivity index (χ2v) is 12.0. The van der Waals surface area contributed by atoms with Crippen molar-refractivity contribution >= 4 is 31.5 Å². The number of hydrogen-bond acceptors (Lipinski definition) is 5. The molecule has 0 amide bonds. The van der Waals surface area contributed by atoms with Gasteiger partial charge >= 0.3 is 0 Å². The molecule has 32 heavy (non-hydrogen) atoms. The highest BCUT2D eigenvalue weighted by molar-refractivity contribution is 7.92. The van der Waals surface area contributed by atoms with Crippen LogP contribution in [0.5, 0.6) is 11.5 Å². The molecule has 0 radical (unpaired) electrons. The SMILES string of the molecule is O=S(=O)(c1ccccc1)C1CCN(S(=O)(=O)c2ccc(Oc3ccccc3Cl)cc2)CC1. The fourth-order valence-corrected chi connectivity index (χ4v) is 7.07. The summed E-state index contributed by atoms with van der Waals surface area (Å²) in [6, 6.07) is 21.4. The molecule has 0 saturated carbocycles. The number of sulfone groups is 1. The van der Waals surface area contributed by atoms with Gasteiger partial charge in [0, 0.05) is 13.1 Å². The molecule has 3 aromatic carbocycles. The summed E-state index contributed by atoms with van der Waals surface area (Å²) in [5.74, 6) is 0.941. The van der Waals surface area contributed by atoms with Gasteiger partial charge in [0.2, 0.25) is 10.0 Å². The molecule has 0 bridgehead atoms. The van der Waals surface area contributed by atoms with Crippen LogP contribution < -0.4 is 4.74 Å². The monoisotopic (exact) mass is 491 g/mol. The molecule has 3 aromatic rings. The maximum absolute atomic E-state index is 13.1. The molecule has 1 heterocycles. The normalized spacial score (nSPS) is 16.0. The third kappa shape index (κ3) is 4.68. The summed E-state index contributed by atoms with van der Waals surface area (Å²) < 4.78 is 58.8. The molecule has 0 N–H and O–H groups in total. The fourth-order valence-electron chi connectivity index (χ4n) is 3.67. The number of para-hydroxylation sites is 1. The van der Waals surface area contributed by atoms with Crippen molar-refractivity contribution in [3.63, 3.8) is 0 Å². The summed E-state index contributed by atoms with van der Waals surface area (Å²) in [5.41, 5.74) is 0. The van der Waals surface area contributed by atoms with Crippen LogP contribution in [0.1, 0.15) is 12.8 Å². The van der Waals surface area contributed by atoms with Crippen molar-refractivity contribution in [1.82, 2.24) is 4.31 Å². The summed E-state index contributed by atoms with van der Waals surface area (Å²) in [6.07, 6.45) is 0.508. The Morgan fingerprint density at radius 1 is 0.750 bits per heavy atom. The van der Waals surface area contributed by atoms with Crippen LogP contribution in [0.25, 0.3) is 0 Å². The highest BCUT2D eigenvalue weighted by atomic mass is 35.5. The van der Waals surface area contributed by atoms with Gasteiger partial charge in [0.05, 0.1) is 20.1 Å². The van der Waals surface area contributed by atoms with E-state index < -0.39 is 25.1 Å². The minimum atomic E-state index is -3.74. The first-order valence-electron chi connectivity index (χ1n) is 10.1. The van der Waals surface area contributed by atoms with E-state index in [4.69, 9.17) is 16.3 Å². The number of sulfonamides is 1. The molecule has 1 saturated heterocycles. The minimum absolute atomic E-state index is 0.133. The predicted molar refractivity (Wildman–Crippen MR) is 123 cm³/mol. The van der Waals surface area contributed by atoms with Crippen LogP contribution in [0.2, 0.25) is 5.02 Å². The molecule has 0 spiro atoms. The van der Waals surface area contributed by atoms with E-state index >= 15 is 0 Å². The average molecular weight is 492 g/mol. The van der Waals surface area contributed by atoms with Crippen LogP contribution in [0.4, 0.5) is 0 Å². The zero-order chi connectivity index (χ0) is 22.8. The molecule has 168 valence electrons. The molecular formula is C23H22ClNO5S2. The summed E-state index contributed by atoms with van der Waals surface area (Å²) in [6.45, 7) is 0.299. The quantitative estimate of drug-likeness (QED) is 0.496. The summed E-state index contributed by atoms with van der Waals surface area (Å²) in [4.78, 5) is 0.406. The number of hydrogen-bond donors (Lipinski definition) is 0. The van der Waals surface area contributed by atoms with Gasteiger partial charge in [-0.2, -0.15) is 4.31 Å². The van der Waals surface area contributed by atoms with E-state index in [1.165, 1.54) is 16.4 Å². The molecule has 1 aliphatic heterocycles. The second-order valence-electron chi connectivity index (χ2n) is 7.47. The van der Waals surface area contributed by atoms with Crippen LogP contribution >= 0.6 is 11.6 Å². The van der Waals surface area contributed by atoms with E-state index in [1.54, 1.807) is 66.7 Å². The summed E-state index contributed by atoms with van der Waals surface area (Å²) >= 11 is 6.09. The Balaban J connectivity index is 1.44. The van der Waals surface area contributed by atoms with Gasteiger partial charge in [-0.3, -0.25) is 0 Å². The molecule has 1 aliphatic rings. The van der Waals surface area contributed by atoms with Gasteiger partial charge in [0.25, 0.3) is 0 Å². The van der Waals surface area contributed by atoms with Crippen molar-refractivity contribution < 1.29 is 21.6 Å². The Morgan fingerprint density at radius 2 is 1.34 bits per heavy atom. The summed E-state index contributed by atoms with van der Waals surface area (Å²) in [7, 11) is -7.22. The third-order valence-corrected chi connectivity index (χ3v) is 9.94. The lowest BCUT2D eigenvalue weighted by atomic mass is 10.2. The average Bonchev–Trinajstić information content (AvgIpc) is 2.81. The first-order chi connectivity index (χ1) is 15.3. The van der Waals surface area contributed by atoms with E-state index in [9.17, 15) is 16.8 Å². The van der Waals surface area contributed by atoms with Crippen LogP contribution in [-0.2, 0) is 19.9 Å². The van der Waals surface area contributed by atoms with Crippen molar-refractivity contribution in [3.05, 3.63) is 83.9 Å². The molecule has 0 unspecified atom stereocenters. The number of benzene rings is 3. The van der Waals surface area contributed by atoms with Crippen molar-refractivity contribution in [2.24, 2.45) is 0 Å². The zero-order valence-corrected chi connectivity index (χ0v) is 19.5. The highest BCUT2D eigenvalue weighted by Gasteiger charge is 2.35. The number of halogens is 1. The first kappa shape index (κ1) is 22.8. The molecule has 6 nitrogen and oxygen atoms in total. The number of piperidine rings is 1. The zero-order valence-electron chi connectivity index (χ0n) is 17.1. The molecule has 1 fully saturated rings. The number of rotatable bonds is 6. The van der Waals surface area contributed by atoms with E-state index in [2.05, 4.69) is 0 Å². The van der Waals surface area contributed by atoms with Crippen molar-refractivity contribution in [1.29, 1.82) is 0 Å². The Morgan fingerprint density at radius 3 is 1.97 bits per heavy atom. The Labute approximate surface area is 193 Å². The highest BCUT2D eigenvalue weighted by Crippen LogP contribution is 2.31. The van der Waals surface area contributed by atoms with Crippen molar-refractivity contribution in [3.8, 4) is 11.5 Å². The van der Waals surface area contributed by atoms with Gasteiger partial charge in [0.1, 0.15) is 11.5 Å². The summed E-state index contributed by atoms with van der Waals surface area (Å²) in [5, 5.41) is -0.139. The molecule has 0 aliphatic carbocycles. The van der Waals surface area contributed by atoms with E-state index in [0.29, 0.717) is 16.5 Å². The van der Waals surface area contributed by atoms with Gasteiger partial charge in [-0.15, -0.1) is 0 Å². The van der Waals surface area contributed by atoms with Gasteiger partial charge in [0.15, 0.2) is 9.84 Å². The van der Waals surface area contributed by atoms with Gasteiger partial charge in [-0.1, -0.05) is 41.9 Å². The lowest BCUT2D eigenvalue weighted by Gasteiger charge is -2.31. The molecule has 0 atom stereocenters. The molecule has 4 rings (SSSR count). The predicted octanol–water partition coefficient (Wildman–Crippen LogP) is 4.76. The lowest BCUT2D eigenvalue weighted by Crippen LogP contribution is -2.42.